The summed E-state index contributed by atoms with van der Waals surface area (Å²) in [6, 6.07) is 0. The number of rotatable bonds is 1. The van der Waals surface area contributed by atoms with Crippen LogP contribution < -0.4 is 0 Å². The monoisotopic (exact) mass is 157 g/mol. The molecule has 0 radical (unpaired) electrons. The van der Waals surface area contributed by atoms with Crippen molar-refractivity contribution in [2.75, 3.05) is 5.75 Å². The van der Waals surface area contributed by atoms with E-state index in [1.165, 1.54) is 18.7 Å². The summed E-state index contributed by atoms with van der Waals surface area (Å²) in [7, 11) is 0. The van der Waals surface area contributed by atoms with E-state index in [0.717, 1.165) is 5.75 Å². The van der Waals surface area contributed by atoms with Crippen LogP contribution in [0.25, 0.3) is 0 Å². The van der Waals surface area contributed by atoms with Crippen LogP contribution in [0.4, 0.5) is 0 Å². The van der Waals surface area contributed by atoms with Gasteiger partial charge in [-0.2, -0.15) is 12.6 Å². The Morgan fingerprint density at radius 3 is 2.40 bits per heavy atom. The molecular weight excluding hydrogens is 146 g/mol. The summed E-state index contributed by atoms with van der Waals surface area (Å²) in [5.74, 6) is 0.856. The molecule has 3 heteroatoms. The Kier molecular flexibility index (Phi) is 6.18. The Balaban J connectivity index is 0.000000180. The van der Waals surface area contributed by atoms with Gasteiger partial charge in [-0.05, 0) is 18.2 Å². The minimum Gasteiger partial charge on any atom is -0.267 e. The zero-order chi connectivity index (χ0) is 7.82. The van der Waals surface area contributed by atoms with E-state index in [4.69, 9.17) is 0 Å². The third-order valence-electron chi connectivity index (χ3n) is 0.750. The van der Waals surface area contributed by atoms with Gasteiger partial charge < -0.3 is 0 Å². The zero-order valence-corrected chi connectivity index (χ0v) is 6.84. The van der Waals surface area contributed by atoms with Crippen LogP contribution in [0.3, 0.4) is 0 Å². The van der Waals surface area contributed by atoms with Gasteiger partial charge in [0.05, 0.1) is 0 Å². The van der Waals surface area contributed by atoms with Crippen LogP contribution in [0.2, 0.25) is 0 Å². The number of thiol groups is 1. The molecule has 1 aliphatic heterocycles. The number of nitrogens with zero attached hydrogens (tertiary/aromatic N) is 1. The lowest BCUT2D eigenvalue weighted by Crippen LogP contribution is -1.75. The van der Waals surface area contributed by atoms with Crippen LogP contribution in [0.5, 0.6) is 0 Å². The molecule has 0 aromatic heterocycles. The van der Waals surface area contributed by atoms with Gasteiger partial charge in [-0.25, -0.2) is 4.99 Å². The summed E-state index contributed by atoms with van der Waals surface area (Å²) in [5, 5.41) is 0. The Labute approximate surface area is 66.5 Å². The van der Waals surface area contributed by atoms with Crippen molar-refractivity contribution in [3.05, 3.63) is 12.2 Å². The van der Waals surface area contributed by atoms with Crippen molar-refractivity contribution in [2.24, 2.45) is 4.99 Å². The van der Waals surface area contributed by atoms with Crippen LogP contribution in [0.1, 0.15) is 13.3 Å². The van der Waals surface area contributed by atoms with Gasteiger partial charge >= 0.3 is 0 Å². The van der Waals surface area contributed by atoms with Gasteiger partial charge in [0.1, 0.15) is 0 Å². The Morgan fingerprint density at radius 1 is 1.70 bits per heavy atom. The summed E-state index contributed by atoms with van der Waals surface area (Å²) in [6.07, 6.45) is 5.69. The highest BCUT2D eigenvalue weighted by atomic mass is 32.1. The van der Waals surface area contributed by atoms with Gasteiger partial charge in [-0.1, -0.05) is 6.92 Å². The number of allylic oxidation sites excluding steroid dienone is 1. The van der Waals surface area contributed by atoms with Gasteiger partial charge in [0.25, 0.3) is 5.91 Å². The third-order valence-corrected chi connectivity index (χ3v) is 1.20. The molecule has 1 amide bonds. The van der Waals surface area contributed by atoms with Gasteiger partial charge in [-0.3, -0.25) is 4.79 Å². The highest BCUT2D eigenvalue weighted by Crippen LogP contribution is 1.83. The molecule has 0 atom stereocenters. The number of carbonyl (C=O) groups excluding carboxylic acids is 1. The highest BCUT2D eigenvalue weighted by molar-refractivity contribution is 7.80. The summed E-state index contributed by atoms with van der Waals surface area (Å²) < 4.78 is 0. The van der Waals surface area contributed by atoms with E-state index < -0.39 is 0 Å². The average Bonchev–Trinajstić information content (AvgIpc) is 2.40. The maximum absolute atomic E-state index is 9.96. The van der Waals surface area contributed by atoms with E-state index in [0.29, 0.717) is 0 Å². The van der Waals surface area contributed by atoms with Crippen LogP contribution in [-0.2, 0) is 4.79 Å². The zero-order valence-electron chi connectivity index (χ0n) is 5.95. The maximum Gasteiger partial charge on any atom is 0.269 e. The second-order valence-electron chi connectivity index (χ2n) is 1.70. The summed E-state index contributed by atoms with van der Waals surface area (Å²) in [6.45, 7) is 2.10. The number of carbonyl (C=O) groups is 1. The fourth-order valence-electron chi connectivity index (χ4n) is 0.285. The second kappa shape index (κ2) is 6.55. The number of hydrogen-bond donors (Lipinski definition) is 1. The van der Waals surface area contributed by atoms with Crippen molar-refractivity contribution in [3.8, 4) is 0 Å². The lowest BCUT2D eigenvalue weighted by Gasteiger charge is -1.67. The standard InChI is InChI=1S/C4H3NO.C3H8S/c6-4-2-1-3-5-4;1-2-3-4/h1-3H;4H,2-3H2,1H3. The molecule has 1 aliphatic rings. The maximum atomic E-state index is 9.96. The van der Waals surface area contributed by atoms with Crippen molar-refractivity contribution < 1.29 is 4.79 Å². The largest absolute Gasteiger partial charge is 0.269 e. The van der Waals surface area contributed by atoms with Gasteiger partial charge in [0.2, 0.25) is 0 Å². The molecule has 0 saturated heterocycles. The van der Waals surface area contributed by atoms with Crippen molar-refractivity contribution in [3.63, 3.8) is 0 Å². The highest BCUT2D eigenvalue weighted by Gasteiger charge is 1.90. The normalized spacial score (nSPS) is 13.2. The molecule has 0 aromatic carbocycles. The van der Waals surface area contributed by atoms with Crippen LogP contribution in [-0.4, -0.2) is 17.9 Å². The van der Waals surface area contributed by atoms with Crippen LogP contribution in [0.15, 0.2) is 17.1 Å². The van der Waals surface area contributed by atoms with Crippen molar-refractivity contribution >= 4 is 24.8 Å². The molecule has 0 spiro atoms. The first-order chi connectivity index (χ1) is 4.81. The average molecular weight is 157 g/mol. The Hall–Kier alpha value is -0.570. The summed E-state index contributed by atoms with van der Waals surface area (Å²) in [4.78, 5) is 13.3. The molecule has 0 bridgehead atoms. The fraction of sp³-hybridized carbons (Fsp3) is 0.429. The van der Waals surface area contributed by atoms with Crippen LogP contribution in [0, 0.1) is 0 Å². The predicted molar refractivity (Wildman–Crippen MR) is 46.8 cm³/mol. The topological polar surface area (TPSA) is 29.4 Å². The fourth-order valence-corrected chi connectivity index (χ4v) is 0.285. The van der Waals surface area contributed by atoms with E-state index in [1.54, 1.807) is 6.08 Å². The van der Waals surface area contributed by atoms with E-state index in [9.17, 15) is 4.79 Å². The first-order valence-electron chi connectivity index (χ1n) is 3.16. The number of amides is 1. The summed E-state index contributed by atoms with van der Waals surface area (Å²) in [5.41, 5.74) is 0. The molecule has 10 heavy (non-hydrogen) atoms. The minimum atomic E-state index is -0.157. The van der Waals surface area contributed by atoms with E-state index >= 15 is 0 Å². The quantitative estimate of drug-likeness (QED) is 0.574. The van der Waals surface area contributed by atoms with E-state index in [1.807, 2.05) is 0 Å². The van der Waals surface area contributed by atoms with Crippen molar-refractivity contribution in [2.45, 2.75) is 13.3 Å². The SMILES string of the molecule is CCCS.O=C1C=CC=N1. The Morgan fingerprint density at radius 2 is 2.30 bits per heavy atom. The Bertz CT molecular complexity index is 136. The van der Waals surface area contributed by atoms with Gasteiger partial charge in [0, 0.05) is 12.3 Å². The molecule has 2 nitrogen and oxygen atoms in total. The molecule has 0 unspecified atom stereocenters. The first-order valence-corrected chi connectivity index (χ1v) is 3.80. The van der Waals surface area contributed by atoms with Gasteiger partial charge in [0.15, 0.2) is 0 Å². The minimum absolute atomic E-state index is 0.157. The second-order valence-corrected chi connectivity index (χ2v) is 2.15. The number of hydrogen-bond acceptors (Lipinski definition) is 2. The molecule has 0 N–H and O–H groups in total. The molecule has 1 heterocycles. The molecular formula is C7H11NOS. The van der Waals surface area contributed by atoms with Crippen molar-refractivity contribution in [1.29, 1.82) is 0 Å². The molecule has 56 valence electrons. The first kappa shape index (κ1) is 9.43. The lowest BCUT2D eigenvalue weighted by molar-refractivity contribution is -0.113. The van der Waals surface area contributed by atoms with E-state index in [2.05, 4.69) is 24.5 Å². The smallest absolute Gasteiger partial charge is 0.267 e. The predicted octanol–water partition coefficient (Wildman–Crippen LogP) is 1.48. The van der Waals surface area contributed by atoms with Crippen molar-refractivity contribution in [1.82, 2.24) is 0 Å². The van der Waals surface area contributed by atoms with E-state index in [-0.39, 0.29) is 5.91 Å². The third kappa shape index (κ3) is 5.56. The summed E-state index contributed by atoms with van der Waals surface area (Å²) >= 11 is 3.92. The molecule has 0 fully saturated rings. The molecule has 0 aromatic rings. The molecule has 1 rings (SSSR count). The lowest BCUT2D eigenvalue weighted by atomic mass is 10.6. The van der Waals surface area contributed by atoms with Crippen LogP contribution >= 0.6 is 12.6 Å². The van der Waals surface area contributed by atoms with Gasteiger partial charge in [-0.15, -0.1) is 0 Å². The molecule has 0 aliphatic carbocycles. The molecule has 0 saturated carbocycles. The number of aliphatic imine (C=N–C) groups is 1.